The Labute approximate surface area is 57.6 Å². The topological polar surface area (TPSA) is 41.5 Å². The molecule has 1 aliphatic rings. The highest BCUT2D eigenvalue weighted by Crippen LogP contribution is 2.11. The Morgan fingerprint density at radius 1 is 1.70 bits per heavy atom. The number of carbonyl (C=O) groups is 1. The third kappa shape index (κ3) is 1.65. The van der Waals surface area contributed by atoms with E-state index in [1.54, 1.807) is 0 Å². The minimum absolute atomic E-state index is 0.239. The molecule has 1 heterocycles. The highest BCUT2D eigenvalue weighted by molar-refractivity contribution is 5.91. The zero-order valence-electron chi connectivity index (χ0n) is 5.30. The number of rotatable bonds is 1. The molecule has 0 atom stereocenters. The SMILES string of the molecule is O=CNC1=NC=C(F)CC1. The molecule has 0 radical (unpaired) electrons. The van der Waals surface area contributed by atoms with Gasteiger partial charge in [-0.25, -0.2) is 9.38 Å². The van der Waals surface area contributed by atoms with Gasteiger partial charge in [-0.3, -0.25) is 4.79 Å². The van der Waals surface area contributed by atoms with Crippen molar-refractivity contribution in [3.8, 4) is 0 Å². The number of nitrogens with zero attached hydrogens (tertiary/aromatic N) is 1. The number of carbonyl (C=O) groups excluding carboxylic acids is 1. The van der Waals surface area contributed by atoms with Crippen LogP contribution in [0.4, 0.5) is 4.39 Å². The average Bonchev–Trinajstić information content (AvgIpc) is 1.95. The van der Waals surface area contributed by atoms with Crippen molar-refractivity contribution in [3.63, 3.8) is 0 Å². The van der Waals surface area contributed by atoms with E-state index in [-0.39, 0.29) is 5.83 Å². The highest BCUT2D eigenvalue weighted by atomic mass is 19.1. The predicted octanol–water partition coefficient (Wildman–Crippen LogP) is 0.736. The lowest BCUT2D eigenvalue weighted by atomic mass is 10.2. The summed E-state index contributed by atoms with van der Waals surface area (Å²) in [6.45, 7) is 0. The van der Waals surface area contributed by atoms with E-state index in [1.165, 1.54) is 0 Å². The molecule has 0 spiro atoms. The molecule has 0 aromatic heterocycles. The summed E-state index contributed by atoms with van der Waals surface area (Å²) in [7, 11) is 0. The van der Waals surface area contributed by atoms with E-state index in [9.17, 15) is 9.18 Å². The number of amidine groups is 1. The van der Waals surface area contributed by atoms with Gasteiger partial charge in [-0.2, -0.15) is 0 Å². The third-order valence-corrected chi connectivity index (χ3v) is 1.19. The van der Waals surface area contributed by atoms with E-state index in [4.69, 9.17) is 0 Å². The van der Waals surface area contributed by atoms with Gasteiger partial charge in [0.2, 0.25) is 6.41 Å². The molecule has 0 aromatic carbocycles. The summed E-state index contributed by atoms with van der Waals surface area (Å²) >= 11 is 0. The second-order valence-corrected chi connectivity index (χ2v) is 1.91. The molecule has 0 saturated carbocycles. The smallest absolute Gasteiger partial charge is 0.212 e. The monoisotopic (exact) mass is 142 g/mol. The molecule has 1 aliphatic heterocycles. The Hall–Kier alpha value is -1.19. The fourth-order valence-electron chi connectivity index (χ4n) is 0.692. The number of halogens is 1. The van der Waals surface area contributed by atoms with Crippen molar-refractivity contribution >= 4 is 12.2 Å². The Bertz CT molecular complexity index is 198. The predicted molar refractivity (Wildman–Crippen MR) is 35.1 cm³/mol. The Morgan fingerprint density at radius 2 is 2.50 bits per heavy atom. The fraction of sp³-hybridized carbons (Fsp3) is 0.333. The average molecular weight is 142 g/mol. The summed E-state index contributed by atoms with van der Waals surface area (Å²) < 4.78 is 12.2. The largest absolute Gasteiger partial charge is 0.317 e. The van der Waals surface area contributed by atoms with Crippen LogP contribution in [0, 0.1) is 0 Å². The van der Waals surface area contributed by atoms with Gasteiger partial charge in [-0.15, -0.1) is 0 Å². The van der Waals surface area contributed by atoms with Gasteiger partial charge < -0.3 is 5.32 Å². The van der Waals surface area contributed by atoms with Crippen LogP contribution < -0.4 is 5.32 Å². The van der Waals surface area contributed by atoms with Gasteiger partial charge in [0.1, 0.15) is 11.7 Å². The third-order valence-electron chi connectivity index (χ3n) is 1.19. The number of allylic oxidation sites excluding steroid dienone is 1. The number of nitrogens with one attached hydrogen (secondary N) is 1. The molecule has 1 N–H and O–H groups in total. The van der Waals surface area contributed by atoms with Crippen LogP contribution in [0.2, 0.25) is 0 Å². The molecule has 0 bridgehead atoms. The van der Waals surface area contributed by atoms with Crippen LogP contribution in [0.3, 0.4) is 0 Å². The van der Waals surface area contributed by atoms with Gasteiger partial charge in [0.05, 0.1) is 6.20 Å². The van der Waals surface area contributed by atoms with Crippen molar-refractivity contribution in [3.05, 3.63) is 12.0 Å². The lowest BCUT2D eigenvalue weighted by Crippen LogP contribution is -2.22. The first-order chi connectivity index (χ1) is 4.83. The molecular formula is C6H7FN2O. The van der Waals surface area contributed by atoms with Crippen LogP contribution in [-0.2, 0) is 4.79 Å². The quantitative estimate of drug-likeness (QED) is 0.539. The molecule has 0 saturated heterocycles. The maximum Gasteiger partial charge on any atom is 0.212 e. The van der Waals surface area contributed by atoms with Gasteiger partial charge in [-0.05, 0) is 0 Å². The summed E-state index contributed by atoms with van der Waals surface area (Å²) in [6.07, 6.45) is 2.46. The Kier molecular flexibility index (Phi) is 2.15. The Balaban J connectivity index is 2.55. The molecule has 3 nitrogen and oxygen atoms in total. The van der Waals surface area contributed by atoms with E-state index in [0.29, 0.717) is 25.1 Å². The lowest BCUT2D eigenvalue weighted by molar-refractivity contribution is -0.108. The molecule has 10 heavy (non-hydrogen) atoms. The van der Waals surface area contributed by atoms with Gasteiger partial charge in [-0.1, -0.05) is 0 Å². The van der Waals surface area contributed by atoms with Crippen molar-refractivity contribution < 1.29 is 9.18 Å². The van der Waals surface area contributed by atoms with Crippen molar-refractivity contribution in [1.82, 2.24) is 5.32 Å². The normalized spacial score (nSPS) is 17.3. The number of hydrogen-bond donors (Lipinski definition) is 1. The molecule has 0 unspecified atom stereocenters. The minimum Gasteiger partial charge on any atom is -0.317 e. The first-order valence-electron chi connectivity index (χ1n) is 2.94. The van der Waals surface area contributed by atoms with E-state index in [0.717, 1.165) is 6.20 Å². The van der Waals surface area contributed by atoms with Crippen LogP contribution in [0.25, 0.3) is 0 Å². The van der Waals surface area contributed by atoms with Crippen molar-refractivity contribution in [2.45, 2.75) is 12.8 Å². The molecular weight excluding hydrogens is 135 g/mol. The summed E-state index contributed by atoms with van der Waals surface area (Å²) in [6, 6.07) is 0. The molecule has 4 heteroatoms. The maximum absolute atomic E-state index is 12.2. The van der Waals surface area contributed by atoms with Gasteiger partial charge in [0, 0.05) is 12.8 Å². The van der Waals surface area contributed by atoms with Crippen molar-refractivity contribution in [2.24, 2.45) is 4.99 Å². The van der Waals surface area contributed by atoms with E-state index >= 15 is 0 Å². The summed E-state index contributed by atoms with van der Waals surface area (Å²) in [5.41, 5.74) is 0. The second-order valence-electron chi connectivity index (χ2n) is 1.91. The molecule has 0 fully saturated rings. The Morgan fingerprint density at radius 3 is 3.00 bits per heavy atom. The van der Waals surface area contributed by atoms with Gasteiger partial charge >= 0.3 is 0 Å². The maximum atomic E-state index is 12.2. The van der Waals surface area contributed by atoms with E-state index < -0.39 is 0 Å². The van der Waals surface area contributed by atoms with Crippen LogP contribution in [0.15, 0.2) is 17.0 Å². The van der Waals surface area contributed by atoms with Crippen LogP contribution in [0.5, 0.6) is 0 Å². The standard InChI is InChI=1S/C6H7FN2O/c7-5-1-2-6(8-3-5)9-4-10/h3-4H,1-2H2,(H,8,9,10). The zero-order valence-corrected chi connectivity index (χ0v) is 5.30. The van der Waals surface area contributed by atoms with E-state index in [1.807, 2.05) is 0 Å². The summed E-state index contributed by atoms with van der Waals surface area (Å²) in [5.74, 6) is 0.285. The summed E-state index contributed by atoms with van der Waals surface area (Å²) in [5, 5.41) is 2.36. The van der Waals surface area contributed by atoms with Crippen molar-refractivity contribution in [2.75, 3.05) is 0 Å². The highest BCUT2D eigenvalue weighted by Gasteiger charge is 2.05. The fourth-order valence-corrected chi connectivity index (χ4v) is 0.692. The molecule has 54 valence electrons. The first-order valence-corrected chi connectivity index (χ1v) is 2.94. The number of aliphatic imine (C=N–C) groups is 1. The zero-order chi connectivity index (χ0) is 7.40. The summed E-state index contributed by atoms with van der Waals surface area (Å²) in [4.78, 5) is 13.5. The first kappa shape index (κ1) is 6.92. The molecule has 0 aliphatic carbocycles. The van der Waals surface area contributed by atoms with E-state index in [2.05, 4.69) is 10.3 Å². The van der Waals surface area contributed by atoms with Crippen LogP contribution in [-0.4, -0.2) is 12.2 Å². The van der Waals surface area contributed by atoms with Gasteiger partial charge in [0.15, 0.2) is 0 Å². The molecule has 1 amide bonds. The van der Waals surface area contributed by atoms with Gasteiger partial charge in [0.25, 0.3) is 0 Å². The van der Waals surface area contributed by atoms with Crippen LogP contribution in [0.1, 0.15) is 12.8 Å². The lowest BCUT2D eigenvalue weighted by Gasteiger charge is -2.05. The van der Waals surface area contributed by atoms with Crippen LogP contribution >= 0.6 is 0 Å². The second kappa shape index (κ2) is 3.10. The molecule has 0 aromatic rings. The number of amides is 1. The molecule has 1 rings (SSSR count). The van der Waals surface area contributed by atoms with Crippen molar-refractivity contribution in [1.29, 1.82) is 0 Å². The minimum atomic E-state index is -0.239. The number of hydrogen-bond acceptors (Lipinski definition) is 2.